The van der Waals surface area contributed by atoms with Gasteiger partial charge in [-0.15, -0.1) is 0 Å². The van der Waals surface area contributed by atoms with Crippen LogP contribution in [0.2, 0.25) is 5.02 Å². The van der Waals surface area contributed by atoms with Crippen molar-refractivity contribution >= 4 is 11.6 Å². The second kappa shape index (κ2) is 5.46. The number of benzene rings is 1. The van der Waals surface area contributed by atoms with Crippen molar-refractivity contribution in [3.05, 3.63) is 64.2 Å². The molecule has 4 heteroatoms. The molecule has 0 aliphatic heterocycles. The lowest BCUT2D eigenvalue weighted by atomic mass is 9.99. The number of aliphatic hydroxyl groups excluding tert-OH is 1. The number of aromatic nitrogens is 1. The molecule has 0 spiro atoms. The molecule has 0 saturated carbocycles. The highest BCUT2D eigenvalue weighted by atomic mass is 35.5. The minimum atomic E-state index is -0.763. The molecule has 2 nitrogen and oxygen atoms in total. The summed E-state index contributed by atoms with van der Waals surface area (Å²) < 4.78 is 13.2. The molecule has 0 fully saturated rings. The number of aliphatic hydroxyl groups is 1. The molecular weight excluding hydrogens is 253 g/mol. The summed E-state index contributed by atoms with van der Waals surface area (Å²) >= 11 is 5.96. The van der Waals surface area contributed by atoms with E-state index in [0.29, 0.717) is 17.0 Å². The first-order valence-corrected chi connectivity index (χ1v) is 5.98. The van der Waals surface area contributed by atoms with Crippen LogP contribution in [0.4, 0.5) is 4.39 Å². The van der Waals surface area contributed by atoms with Crippen molar-refractivity contribution in [1.82, 2.24) is 4.98 Å². The van der Waals surface area contributed by atoms with Crippen LogP contribution in [0, 0.1) is 12.7 Å². The number of aryl methyl sites for hydroxylation is 1. The Morgan fingerprint density at radius 3 is 2.89 bits per heavy atom. The van der Waals surface area contributed by atoms with E-state index in [-0.39, 0.29) is 5.82 Å². The highest BCUT2D eigenvalue weighted by Crippen LogP contribution is 2.25. The Bertz CT molecular complexity index is 559. The van der Waals surface area contributed by atoms with Crippen molar-refractivity contribution in [2.75, 3.05) is 0 Å². The Hall–Kier alpha value is -1.45. The summed E-state index contributed by atoms with van der Waals surface area (Å²) in [7, 11) is 0. The zero-order chi connectivity index (χ0) is 13.1. The predicted molar refractivity (Wildman–Crippen MR) is 69.0 cm³/mol. The molecule has 94 valence electrons. The highest BCUT2D eigenvalue weighted by molar-refractivity contribution is 6.31. The van der Waals surface area contributed by atoms with Gasteiger partial charge in [0.15, 0.2) is 0 Å². The predicted octanol–water partition coefficient (Wildman–Crippen LogP) is 3.46. The number of pyridine rings is 1. The molecule has 0 saturated heterocycles. The van der Waals surface area contributed by atoms with Crippen molar-refractivity contribution in [3.8, 4) is 0 Å². The van der Waals surface area contributed by atoms with Gasteiger partial charge in [-0.05, 0) is 36.2 Å². The van der Waals surface area contributed by atoms with E-state index in [1.54, 1.807) is 18.3 Å². The zero-order valence-electron chi connectivity index (χ0n) is 9.90. The number of hydrogen-bond acceptors (Lipinski definition) is 2. The van der Waals surface area contributed by atoms with E-state index in [0.717, 1.165) is 11.1 Å². The molecule has 2 rings (SSSR count). The molecule has 1 N–H and O–H groups in total. The average molecular weight is 266 g/mol. The first-order chi connectivity index (χ1) is 8.58. The lowest BCUT2D eigenvalue weighted by Gasteiger charge is -2.14. The maximum Gasteiger partial charge on any atom is 0.123 e. The zero-order valence-corrected chi connectivity index (χ0v) is 10.7. The average Bonchev–Trinajstić information content (AvgIpc) is 2.34. The number of rotatable bonds is 3. The van der Waals surface area contributed by atoms with Crippen LogP contribution in [0.3, 0.4) is 0 Å². The topological polar surface area (TPSA) is 33.1 Å². The lowest BCUT2D eigenvalue weighted by molar-refractivity contribution is 0.178. The molecule has 1 aromatic carbocycles. The van der Waals surface area contributed by atoms with Gasteiger partial charge in [-0.3, -0.25) is 4.98 Å². The fourth-order valence-electron chi connectivity index (χ4n) is 1.83. The molecule has 0 aliphatic carbocycles. The van der Waals surface area contributed by atoms with Gasteiger partial charge in [-0.2, -0.15) is 0 Å². The summed E-state index contributed by atoms with van der Waals surface area (Å²) in [5.74, 6) is -0.302. The van der Waals surface area contributed by atoms with E-state index in [2.05, 4.69) is 4.98 Å². The molecule has 1 aromatic heterocycles. The minimum absolute atomic E-state index is 0.302. The Labute approximate surface area is 110 Å². The van der Waals surface area contributed by atoms with Crippen LogP contribution in [0.5, 0.6) is 0 Å². The van der Waals surface area contributed by atoms with Crippen LogP contribution >= 0.6 is 11.6 Å². The summed E-state index contributed by atoms with van der Waals surface area (Å²) in [5, 5.41) is 10.6. The van der Waals surface area contributed by atoms with Gasteiger partial charge in [0, 0.05) is 24.4 Å². The molecule has 1 heterocycles. The minimum Gasteiger partial charge on any atom is -0.388 e. The van der Waals surface area contributed by atoms with Crippen molar-refractivity contribution in [3.63, 3.8) is 0 Å². The Balaban J connectivity index is 2.24. The third-order valence-electron chi connectivity index (χ3n) is 2.89. The molecule has 0 bridgehead atoms. The van der Waals surface area contributed by atoms with Crippen molar-refractivity contribution < 1.29 is 9.50 Å². The van der Waals surface area contributed by atoms with Crippen molar-refractivity contribution in [2.24, 2.45) is 0 Å². The summed E-state index contributed by atoms with van der Waals surface area (Å²) in [6.07, 6.45) is 2.62. The molecule has 0 amide bonds. The van der Waals surface area contributed by atoms with Crippen LogP contribution < -0.4 is 0 Å². The second-order valence-electron chi connectivity index (χ2n) is 4.19. The van der Waals surface area contributed by atoms with Crippen LogP contribution in [0.1, 0.15) is 22.8 Å². The van der Waals surface area contributed by atoms with Crippen LogP contribution in [-0.4, -0.2) is 10.1 Å². The molecule has 1 atom stereocenters. The van der Waals surface area contributed by atoms with E-state index in [4.69, 9.17) is 11.6 Å². The summed E-state index contributed by atoms with van der Waals surface area (Å²) in [5.41, 5.74) is 2.33. The molecule has 0 aliphatic rings. The lowest BCUT2D eigenvalue weighted by Crippen LogP contribution is -2.04. The third-order valence-corrected chi connectivity index (χ3v) is 3.20. The fourth-order valence-corrected chi connectivity index (χ4v) is 2.08. The molecular formula is C14H13ClFNO. The van der Waals surface area contributed by atoms with Gasteiger partial charge in [-0.25, -0.2) is 4.39 Å². The summed E-state index contributed by atoms with van der Waals surface area (Å²) in [4.78, 5) is 3.86. The summed E-state index contributed by atoms with van der Waals surface area (Å²) in [6, 6.07) is 6.21. The largest absolute Gasteiger partial charge is 0.388 e. The molecule has 1 unspecified atom stereocenters. The van der Waals surface area contributed by atoms with Gasteiger partial charge >= 0.3 is 0 Å². The van der Waals surface area contributed by atoms with Crippen LogP contribution in [-0.2, 0) is 6.42 Å². The smallest absolute Gasteiger partial charge is 0.123 e. The van der Waals surface area contributed by atoms with Crippen molar-refractivity contribution in [2.45, 2.75) is 19.4 Å². The maximum absolute atomic E-state index is 13.2. The normalized spacial score (nSPS) is 12.4. The monoisotopic (exact) mass is 265 g/mol. The van der Waals surface area contributed by atoms with Crippen LogP contribution in [0.15, 0.2) is 36.7 Å². The van der Waals surface area contributed by atoms with Gasteiger partial charge in [0.05, 0.1) is 11.1 Å². The molecule has 2 aromatic rings. The molecule has 18 heavy (non-hydrogen) atoms. The first-order valence-electron chi connectivity index (χ1n) is 5.60. The first kappa shape index (κ1) is 13.0. The van der Waals surface area contributed by atoms with E-state index in [1.807, 2.05) is 6.92 Å². The quantitative estimate of drug-likeness (QED) is 0.922. The van der Waals surface area contributed by atoms with E-state index < -0.39 is 6.10 Å². The standard InChI is InChI=1S/C14H13ClFNO/c1-9-2-3-11(16)6-10(9)7-14(18)12-4-5-17-8-13(12)15/h2-6,8,14,18H,7H2,1H3. The van der Waals surface area contributed by atoms with Gasteiger partial charge < -0.3 is 5.11 Å². The Morgan fingerprint density at radius 1 is 1.39 bits per heavy atom. The van der Waals surface area contributed by atoms with Gasteiger partial charge in [0.1, 0.15) is 5.82 Å². The SMILES string of the molecule is Cc1ccc(F)cc1CC(O)c1ccncc1Cl. The molecule has 0 radical (unpaired) electrons. The van der Waals surface area contributed by atoms with E-state index in [9.17, 15) is 9.50 Å². The Morgan fingerprint density at radius 2 is 2.17 bits per heavy atom. The maximum atomic E-state index is 13.2. The third kappa shape index (κ3) is 2.86. The second-order valence-corrected chi connectivity index (χ2v) is 4.60. The van der Waals surface area contributed by atoms with Gasteiger partial charge in [-0.1, -0.05) is 17.7 Å². The number of hydrogen-bond donors (Lipinski definition) is 1. The Kier molecular flexibility index (Phi) is 3.94. The fraction of sp³-hybridized carbons (Fsp3) is 0.214. The summed E-state index contributed by atoms with van der Waals surface area (Å²) in [6.45, 7) is 1.88. The van der Waals surface area contributed by atoms with E-state index in [1.165, 1.54) is 18.3 Å². The van der Waals surface area contributed by atoms with Crippen LogP contribution in [0.25, 0.3) is 0 Å². The van der Waals surface area contributed by atoms with Gasteiger partial charge in [0.2, 0.25) is 0 Å². The highest BCUT2D eigenvalue weighted by Gasteiger charge is 2.13. The number of nitrogens with zero attached hydrogens (tertiary/aromatic N) is 1. The number of halogens is 2. The van der Waals surface area contributed by atoms with Gasteiger partial charge in [0.25, 0.3) is 0 Å². The van der Waals surface area contributed by atoms with Crippen molar-refractivity contribution in [1.29, 1.82) is 0 Å². The van der Waals surface area contributed by atoms with E-state index >= 15 is 0 Å².